The molecule has 3 rings (SSSR count). The number of hydrogen-bond donors (Lipinski definition) is 2. The largest absolute Gasteiger partial charge is 0.478 e. The van der Waals surface area contributed by atoms with Gasteiger partial charge in [0.15, 0.2) is 0 Å². The SMILES string of the molecule is CCOC(=O)c1[nH]c(C)c(/C=C2/C(=O)N(c3ccc(C(=O)O)cc3)N=C2C)c1C. The highest BCUT2D eigenvalue weighted by Gasteiger charge is 2.30. The summed E-state index contributed by atoms with van der Waals surface area (Å²) >= 11 is 0. The number of carbonyl (C=O) groups is 3. The molecule has 1 aliphatic rings. The van der Waals surface area contributed by atoms with Crippen LogP contribution in [0.3, 0.4) is 0 Å². The minimum atomic E-state index is -1.04. The summed E-state index contributed by atoms with van der Waals surface area (Å²) in [5, 5.41) is 14.6. The van der Waals surface area contributed by atoms with E-state index in [-0.39, 0.29) is 18.1 Å². The first-order chi connectivity index (χ1) is 13.7. The summed E-state index contributed by atoms with van der Waals surface area (Å²) in [6.07, 6.45) is 1.71. The van der Waals surface area contributed by atoms with Gasteiger partial charge in [-0.15, -0.1) is 0 Å². The van der Waals surface area contributed by atoms with Gasteiger partial charge in [0, 0.05) is 5.69 Å². The highest BCUT2D eigenvalue weighted by Crippen LogP contribution is 2.28. The van der Waals surface area contributed by atoms with E-state index in [0.717, 1.165) is 11.3 Å². The summed E-state index contributed by atoms with van der Waals surface area (Å²) in [5.41, 5.74) is 4.04. The van der Waals surface area contributed by atoms with E-state index in [2.05, 4.69) is 10.1 Å². The molecule has 8 nitrogen and oxygen atoms in total. The van der Waals surface area contributed by atoms with Crippen LogP contribution in [0.5, 0.6) is 0 Å². The number of carbonyl (C=O) groups excluding carboxylic acids is 2. The maximum absolute atomic E-state index is 12.9. The molecule has 8 heteroatoms. The molecule has 2 N–H and O–H groups in total. The Hall–Kier alpha value is -3.68. The Bertz CT molecular complexity index is 1060. The van der Waals surface area contributed by atoms with Gasteiger partial charge in [-0.1, -0.05) is 0 Å². The smallest absolute Gasteiger partial charge is 0.355 e. The van der Waals surface area contributed by atoms with Crippen molar-refractivity contribution in [1.82, 2.24) is 4.98 Å². The second-order valence-corrected chi connectivity index (χ2v) is 6.60. The Kier molecular flexibility index (Phi) is 5.36. The number of nitrogens with one attached hydrogen (secondary N) is 1. The molecule has 29 heavy (non-hydrogen) atoms. The molecule has 0 aliphatic carbocycles. The van der Waals surface area contributed by atoms with E-state index in [9.17, 15) is 14.4 Å². The first-order valence-electron chi connectivity index (χ1n) is 9.06. The standard InChI is InChI=1S/C21H21N3O5/c1-5-29-21(28)18-11(2)16(12(3)22-18)10-17-13(4)23-24(19(17)25)15-8-6-14(7-9-15)20(26)27/h6-10,22H,5H2,1-4H3,(H,26,27)/b17-10+. The van der Waals surface area contributed by atoms with Crippen LogP contribution in [-0.4, -0.2) is 40.3 Å². The van der Waals surface area contributed by atoms with E-state index in [1.54, 1.807) is 26.8 Å². The van der Waals surface area contributed by atoms with Crippen LogP contribution in [-0.2, 0) is 9.53 Å². The number of carboxylic acid groups (broad SMARTS) is 1. The fraction of sp³-hybridized carbons (Fsp3) is 0.238. The number of rotatable bonds is 5. The number of esters is 1. The number of aryl methyl sites for hydroxylation is 1. The van der Waals surface area contributed by atoms with Crippen molar-refractivity contribution < 1.29 is 24.2 Å². The number of aromatic carboxylic acids is 1. The van der Waals surface area contributed by atoms with Crippen LogP contribution in [0.2, 0.25) is 0 Å². The van der Waals surface area contributed by atoms with Crippen molar-refractivity contribution >= 4 is 35.3 Å². The van der Waals surface area contributed by atoms with Gasteiger partial charge in [0.2, 0.25) is 0 Å². The number of hydrazone groups is 1. The summed E-state index contributed by atoms with van der Waals surface area (Å²) in [5.74, 6) is -1.82. The van der Waals surface area contributed by atoms with Crippen LogP contribution in [0.4, 0.5) is 5.69 Å². The van der Waals surface area contributed by atoms with E-state index < -0.39 is 11.9 Å². The van der Waals surface area contributed by atoms with Crippen molar-refractivity contribution in [2.75, 3.05) is 11.6 Å². The maximum Gasteiger partial charge on any atom is 0.355 e. The van der Waals surface area contributed by atoms with E-state index in [0.29, 0.717) is 28.2 Å². The predicted octanol–water partition coefficient (Wildman–Crippen LogP) is 3.31. The van der Waals surface area contributed by atoms with Gasteiger partial charge in [-0.05, 0) is 69.2 Å². The number of H-pyrrole nitrogens is 1. The van der Waals surface area contributed by atoms with Crippen LogP contribution < -0.4 is 5.01 Å². The predicted molar refractivity (Wildman–Crippen MR) is 108 cm³/mol. The van der Waals surface area contributed by atoms with Gasteiger partial charge in [-0.25, -0.2) is 9.59 Å². The average molecular weight is 395 g/mol. The summed E-state index contributed by atoms with van der Waals surface area (Å²) in [7, 11) is 0. The van der Waals surface area contributed by atoms with Crippen LogP contribution in [0.1, 0.15) is 51.5 Å². The molecule has 1 amide bonds. The van der Waals surface area contributed by atoms with Crippen LogP contribution >= 0.6 is 0 Å². The molecule has 1 aromatic carbocycles. The zero-order valence-electron chi connectivity index (χ0n) is 16.6. The molecule has 0 saturated carbocycles. The van der Waals surface area contributed by atoms with E-state index in [1.807, 2.05) is 6.92 Å². The minimum Gasteiger partial charge on any atom is -0.478 e. The van der Waals surface area contributed by atoms with Gasteiger partial charge in [0.1, 0.15) is 5.69 Å². The van der Waals surface area contributed by atoms with Crippen LogP contribution in [0, 0.1) is 13.8 Å². The molecular weight excluding hydrogens is 374 g/mol. The zero-order chi connectivity index (χ0) is 21.3. The molecule has 150 valence electrons. The lowest BCUT2D eigenvalue weighted by Crippen LogP contribution is -2.21. The van der Waals surface area contributed by atoms with Crippen molar-refractivity contribution in [1.29, 1.82) is 0 Å². The van der Waals surface area contributed by atoms with E-state index in [4.69, 9.17) is 9.84 Å². The molecule has 2 heterocycles. The van der Waals surface area contributed by atoms with Crippen molar-refractivity contribution in [3.8, 4) is 0 Å². The number of ether oxygens (including phenoxy) is 1. The third kappa shape index (κ3) is 3.69. The third-order valence-electron chi connectivity index (χ3n) is 4.69. The number of aromatic nitrogens is 1. The molecule has 0 spiro atoms. The average Bonchev–Trinajstić information content (AvgIpc) is 3.13. The lowest BCUT2D eigenvalue weighted by Gasteiger charge is -2.11. The molecule has 0 saturated heterocycles. The van der Waals surface area contributed by atoms with Crippen LogP contribution in [0.15, 0.2) is 34.9 Å². The molecule has 0 fully saturated rings. The summed E-state index contributed by atoms with van der Waals surface area (Å²) in [6, 6.07) is 5.91. The fourth-order valence-electron chi connectivity index (χ4n) is 3.14. The highest BCUT2D eigenvalue weighted by atomic mass is 16.5. The molecule has 1 aromatic heterocycles. The number of carboxylic acids is 1. The highest BCUT2D eigenvalue weighted by molar-refractivity contribution is 6.32. The molecular formula is C21H21N3O5. The number of anilines is 1. The number of nitrogens with zero attached hydrogens (tertiary/aromatic N) is 2. The monoisotopic (exact) mass is 395 g/mol. The van der Waals surface area contributed by atoms with Crippen molar-refractivity contribution in [2.45, 2.75) is 27.7 Å². The third-order valence-corrected chi connectivity index (χ3v) is 4.69. The lowest BCUT2D eigenvalue weighted by atomic mass is 10.0. The van der Waals surface area contributed by atoms with Gasteiger partial charge in [0.05, 0.1) is 29.1 Å². The quantitative estimate of drug-likeness (QED) is 0.596. The van der Waals surface area contributed by atoms with Gasteiger partial charge in [-0.2, -0.15) is 10.1 Å². The second kappa shape index (κ2) is 7.75. The van der Waals surface area contributed by atoms with Crippen molar-refractivity contribution in [3.05, 3.63) is 57.9 Å². The number of amides is 1. The van der Waals surface area contributed by atoms with Crippen LogP contribution in [0.25, 0.3) is 6.08 Å². The molecule has 1 aliphatic heterocycles. The lowest BCUT2D eigenvalue weighted by molar-refractivity contribution is -0.114. The molecule has 0 atom stereocenters. The Morgan fingerprint density at radius 2 is 1.86 bits per heavy atom. The normalized spacial score (nSPS) is 15.0. The Labute approximate surface area is 167 Å². The first-order valence-corrected chi connectivity index (χ1v) is 9.06. The first kappa shape index (κ1) is 20.1. The molecule has 2 aromatic rings. The maximum atomic E-state index is 12.9. The topological polar surface area (TPSA) is 112 Å². The molecule has 0 bridgehead atoms. The Morgan fingerprint density at radius 3 is 2.45 bits per heavy atom. The summed E-state index contributed by atoms with van der Waals surface area (Å²) < 4.78 is 5.06. The van der Waals surface area contributed by atoms with E-state index >= 15 is 0 Å². The second-order valence-electron chi connectivity index (χ2n) is 6.60. The van der Waals surface area contributed by atoms with E-state index in [1.165, 1.54) is 29.3 Å². The minimum absolute atomic E-state index is 0.127. The van der Waals surface area contributed by atoms with Gasteiger partial charge in [-0.3, -0.25) is 4.79 Å². The van der Waals surface area contributed by atoms with Gasteiger partial charge in [0.25, 0.3) is 5.91 Å². The number of aromatic amines is 1. The Balaban J connectivity index is 1.94. The summed E-state index contributed by atoms with van der Waals surface area (Å²) in [4.78, 5) is 39.1. The Morgan fingerprint density at radius 1 is 1.21 bits per heavy atom. The van der Waals surface area contributed by atoms with Crippen molar-refractivity contribution in [2.24, 2.45) is 5.10 Å². The van der Waals surface area contributed by atoms with Crippen molar-refractivity contribution in [3.63, 3.8) is 0 Å². The number of hydrogen-bond acceptors (Lipinski definition) is 5. The molecule has 0 unspecified atom stereocenters. The number of benzene rings is 1. The zero-order valence-corrected chi connectivity index (χ0v) is 16.6. The molecule has 0 radical (unpaired) electrons. The summed E-state index contributed by atoms with van der Waals surface area (Å²) in [6.45, 7) is 7.33. The van der Waals surface area contributed by atoms with Gasteiger partial charge >= 0.3 is 11.9 Å². The van der Waals surface area contributed by atoms with Gasteiger partial charge < -0.3 is 14.8 Å². The fourth-order valence-corrected chi connectivity index (χ4v) is 3.14.